The van der Waals surface area contributed by atoms with E-state index in [0.717, 1.165) is 5.56 Å². The second-order valence-corrected chi connectivity index (χ2v) is 7.88. The van der Waals surface area contributed by atoms with E-state index in [-0.39, 0.29) is 5.91 Å². The molecular weight excluding hydrogens is 381 g/mol. The number of thioether (sulfide) groups is 1. The highest BCUT2D eigenvalue weighted by Gasteiger charge is 2.32. The van der Waals surface area contributed by atoms with Crippen molar-refractivity contribution in [1.82, 2.24) is 4.90 Å². The van der Waals surface area contributed by atoms with Gasteiger partial charge in [0.1, 0.15) is 4.32 Å². The molecule has 0 radical (unpaired) electrons. The van der Waals surface area contributed by atoms with Gasteiger partial charge in [-0.05, 0) is 30.7 Å². The maximum absolute atomic E-state index is 12.7. The first kappa shape index (κ1) is 17.5. The Morgan fingerprint density at radius 2 is 1.75 bits per heavy atom. The van der Waals surface area contributed by atoms with Gasteiger partial charge >= 0.3 is 0 Å². The highest BCUT2D eigenvalue weighted by Crippen LogP contribution is 2.36. The Morgan fingerprint density at radius 1 is 1.12 bits per heavy atom. The van der Waals surface area contributed by atoms with Crippen molar-refractivity contribution < 1.29 is 4.79 Å². The summed E-state index contributed by atoms with van der Waals surface area (Å²) in [6.45, 7) is 2.48. The number of thiocarbonyl (C=S) groups is 1. The Morgan fingerprint density at radius 3 is 2.38 bits per heavy atom. The molecule has 0 atom stereocenters. The van der Waals surface area contributed by atoms with Gasteiger partial charge in [-0.3, -0.25) is 9.69 Å². The molecule has 0 spiro atoms. The van der Waals surface area contributed by atoms with Crippen molar-refractivity contribution >= 4 is 63.5 Å². The quantitative estimate of drug-likeness (QED) is 0.492. The largest absolute Gasteiger partial charge is 0.288 e. The molecule has 6 heteroatoms. The third-order valence-corrected chi connectivity index (χ3v) is 5.65. The van der Waals surface area contributed by atoms with E-state index in [2.05, 4.69) is 0 Å². The molecule has 0 aliphatic carbocycles. The van der Waals surface area contributed by atoms with Gasteiger partial charge < -0.3 is 0 Å². The van der Waals surface area contributed by atoms with Crippen LogP contribution in [0.15, 0.2) is 47.4 Å². The van der Waals surface area contributed by atoms with E-state index in [1.807, 2.05) is 31.2 Å². The van der Waals surface area contributed by atoms with Gasteiger partial charge in [-0.15, -0.1) is 0 Å². The highest BCUT2D eigenvalue weighted by atomic mass is 35.5. The Bertz CT molecular complexity index is 826. The lowest BCUT2D eigenvalue weighted by Gasteiger charge is -2.14. The minimum Gasteiger partial charge on any atom is -0.288 e. The third kappa shape index (κ3) is 3.67. The van der Waals surface area contributed by atoms with Crippen LogP contribution in [-0.4, -0.2) is 15.1 Å². The van der Waals surface area contributed by atoms with Crippen LogP contribution in [0.3, 0.4) is 0 Å². The number of benzene rings is 2. The second-order valence-electron chi connectivity index (χ2n) is 5.39. The predicted octanol–water partition coefficient (Wildman–Crippen LogP) is 5.70. The lowest BCUT2D eigenvalue weighted by atomic mass is 10.1. The molecule has 0 aromatic heterocycles. The molecule has 2 aromatic carbocycles. The van der Waals surface area contributed by atoms with Gasteiger partial charge in [-0.2, -0.15) is 0 Å². The fraction of sp³-hybridized carbons (Fsp3) is 0.111. The monoisotopic (exact) mass is 393 g/mol. The molecular formula is C18H13Cl2NOS2. The summed E-state index contributed by atoms with van der Waals surface area (Å²) in [4.78, 5) is 14.8. The van der Waals surface area contributed by atoms with Gasteiger partial charge in [0.05, 0.1) is 11.4 Å². The summed E-state index contributed by atoms with van der Waals surface area (Å²) in [5.41, 5.74) is 2.85. The number of halogens is 2. The third-order valence-electron chi connectivity index (χ3n) is 3.61. The molecule has 1 heterocycles. The lowest BCUT2D eigenvalue weighted by Crippen LogP contribution is -2.27. The van der Waals surface area contributed by atoms with Crippen molar-refractivity contribution in [1.29, 1.82) is 0 Å². The van der Waals surface area contributed by atoms with Gasteiger partial charge in [0.25, 0.3) is 5.91 Å². The lowest BCUT2D eigenvalue weighted by molar-refractivity contribution is -0.122. The maximum Gasteiger partial charge on any atom is 0.266 e. The van der Waals surface area contributed by atoms with Crippen molar-refractivity contribution in [3.05, 3.63) is 74.1 Å². The molecule has 0 N–H and O–H groups in total. The van der Waals surface area contributed by atoms with Crippen LogP contribution >= 0.6 is 47.2 Å². The number of hydrogen-bond acceptors (Lipinski definition) is 3. The molecule has 1 fully saturated rings. The molecule has 0 unspecified atom stereocenters. The molecule has 24 heavy (non-hydrogen) atoms. The molecule has 1 aliphatic rings. The summed E-state index contributed by atoms with van der Waals surface area (Å²) >= 11 is 19.0. The normalized spacial score (nSPS) is 16.3. The van der Waals surface area contributed by atoms with Gasteiger partial charge in [0, 0.05) is 15.6 Å². The van der Waals surface area contributed by atoms with Crippen LogP contribution in [0, 0.1) is 6.92 Å². The van der Waals surface area contributed by atoms with Gasteiger partial charge in [-0.1, -0.05) is 83.1 Å². The SMILES string of the molecule is Cc1ccc(CN2C(=O)C(=Cc3c(Cl)cccc3Cl)SC2=S)cc1. The smallest absolute Gasteiger partial charge is 0.266 e. The van der Waals surface area contributed by atoms with Crippen LogP contribution in [0.2, 0.25) is 10.0 Å². The van der Waals surface area contributed by atoms with Crippen LogP contribution in [0.25, 0.3) is 6.08 Å². The van der Waals surface area contributed by atoms with Gasteiger partial charge in [-0.25, -0.2) is 0 Å². The minimum atomic E-state index is -0.124. The second kappa shape index (κ2) is 7.28. The Balaban J connectivity index is 1.86. The Labute approximate surface area is 160 Å². The van der Waals surface area contributed by atoms with E-state index in [9.17, 15) is 4.79 Å². The Kier molecular flexibility index (Phi) is 5.30. The van der Waals surface area contributed by atoms with Crippen LogP contribution in [0.4, 0.5) is 0 Å². The highest BCUT2D eigenvalue weighted by molar-refractivity contribution is 8.26. The topological polar surface area (TPSA) is 20.3 Å². The molecule has 1 aliphatic heterocycles. The Hall–Kier alpha value is -1.33. The summed E-state index contributed by atoms with van der Waals surface area (Å²) < 4.78 is 0.537. The van der Waals surface area contributed by atoms with Crippen molar-refractivity contribution in [2.24, 2.45) is 0 Å². The molecule has 1 amide bonds. The first-order chi connectivity index (χ1) is 11.5. The first-order valence-corrected chi connectivity index (χ1v) is 9.18. The van der Waals surface area contributed by atoms with Crippen LogP contribution in [0.5, 0.6) is 0 Å². The van der Waals surface area contributed by atoms with Gasteiger partial charge in [0.15, 0.2) is 0 Å². The fourth-order valence-electron chi connectivity index (χ4n) is 2.29. The molecule has 2 nitrogen and oxygen atoms in total. The van der Waals surface area contributed by atoms with Crippen molar-refractivity contribution in [3.8, 4) is 0 Å². The number of hydrogen-bond donors (Lipinski definition) is 0. The van der Waals surface area contributed by atoms with Crippen molar-refractivity contribution in [3.63, 3.8) is 0 Å². The van der Waals surface area contributed by atoms with E-state index >= 15 is 0 Å². The molecule has 2 aromatic rings. The predicted molar refractivity (Wildman–Crippen MR) is 106 cm³/mol. The average molecular weight is 394 g/mol. The molecule has 1 saturated heterocycles. The first-order valence-electron chi connectivity index (χ1n) is 7.20. The number of aryl methyl sites for hydroxylation is 1. The number of carbonyl (C=O) groups is 1. The molecule has 0 bridgehead atoms. The van der Waals surface area contributed by atoms with Crippen molar-refractivity contribution in [2.45, 2.75) is 13.5 Å². The number of nitrogens with zero attached hydrogens (tertiary/aromatic N) is 1. The zero-order chi connectivity index (χ0) is 17.3. The van der Waals surface area contributed by atoms with Crippen molar-refractivity contribution in [2.75, 3.05) is 0 Å². The minimum absolute atomic E-state index is 0.124. The number of carbonyl (C=O) groups excluding carboxylic acids is 1. The van der Waals surface area contributed by atoms with Crippen LogP contribution in [0.1, 0.15) is 16.7 Å². The van der Waals surface area contributed by atoms with E-state index < -0.39 is 0 Å². The number of amides is 1. The van der Waals surface area contributed by atoms with E-state index in [1.165, 1.54) is 17.3 Å². The number of rotatable bonds is 3. The van der Waals surface area contributed by atoms with Crippen LogP contribution in [-0.2, 0) is 11.3 Å². The zero-order valence-corrected chi connectivity index (χ0v) is 15.9. The van der Waals surface area contributed by atoms with Gasteiger partial charge in [0.2, 0.25) is 0 Å². The molecule has 122 valence electrons. The maximum atomic E-state index is 12.7. The molecule has 3 rings (SSSR count). The summed E-state index contributed by atoms with van der Waals surface area (Å²) in [7, 11) is 0. The van der Waals surface area contributed by atoms with E-state index in [4.69, 9.17) is 35.4 Å². The summed E-state index contributed by atoms with van der Waals surface area (Å²) in [5, 5.41) is 1.01. The van der Waals surface area contributed by atoms with Crippen LogP contribution < -0.4 is 0 Å². The summed E-state index contributed by atoms with van der Waals surface area (Å²) in [5.74, 6) is -0.124. The van der Waals surface area contributed by atoms with E-state index in [1.54, 1.807) is 29.2 Å². The average Bonchev–Trinajstić information content (AvgIpc) is 2.80. The standard InChI is InChI=1S/C18H13Cl2NOS2/c1-11-5-7-12(8-6-11)10-21-17(22)16(24-18(21)23)9-13-14(19)3-2-4-15(13)20/h2-9H,10H2,1H3. The van der Waals surface area contributed by atoms with E-state index in [0.29, 0.717) is 31.4 Å². The fourth-order valence-corrected chi connectivity index (χ4v) is 4.04. The molecule has 0 saturated carbocycles. The zero-order valence-electron chi connectivity index (χ0n) is 12.8. The summed E-state index contributed by atoms with van der Waals surface area (Å²) in [6.07, 6.45) is 1.71. The summed E-state index contributed by atoms with van der Waals surface area (Å²) in [6, 6.07) is 13.3.